The monoisotopic (exact) mass is 418 g/mol. The lowest BCUT2D eigenvalue weighted by atomic mass is 9.95. The van der Waals surface area contributed by atoms with E-state index in [1.165, 1.54) is 19.3 Å². The molecule has 2 saturated heterocycles. The van der Waals surface area contributed by atoms with Crippen LogP contribution in [-0.4, -0.2) is 81.7 Å². The van der Waals surface area contributed by atoms with Gasteiger partial charge < -0.3 is 19.9 Å². The number of morpholine rings is 1. The van der Waals surface area contributed by atoms with E-state index in [9.17, 15) is 9.59 Å². The Balaban J connectivity index is 1.29. The number of aromatic nitrogens is 3. The zero-order chi connectivity index (χ0) is 20.8. The molecule has 1 aromatic heterocycles. The molecule has 1 atom stereocenters. The van der Waals surface area contributed by atoms with Gasteiger partial charge >= 0.3 is 6.03 Å². The molecule has 3 amide bonds. The number of amides is 3. The van der Waals surface area contributed by atoms with Crippen molar-refractivity contribution in [2.24, 2.45) is 0 Å². The number of carbonyl (C=O) groups excluding carboxylic acids is 2. The summed E-state index contributed by atoms with van der Waals surface area (Å²) >= 11 is 0. The number of nitrogens with one attached hydrogen (secondary N) is 1. The molecule has 3 aliphatic rings. The highest BCUT2D eigenvalue weighted by Crippen LogP contribution is 2.22. The molecule has 9 heteroatoms. The Morgan fingerprint density at radius 2 is 1.80 bits per heavy atom. The van der Waals surface area contributed by atoms with Crippen LogP contribution in [0.1, 0.15) is 68.3 Å². The third-order valence-electron chi connectivity index (χ3n) is 6.57. The van der Waals surface area contributed by atoms with E-state index in [0.29, 0.717) is 44.6 Å². The Kier molecular flexibility index (Phi) is 7.20. The minimum Gasteiger partial charge on any atom is -0.378 e. The van der Waals surface area contributed by atoms with E-state index in [-0.39, 0.29) is 18.0 Å². The molecule has 1 aromatic rings. The zero-order valence-electron chi connectivity index (χ0n) is 17.8. The zero-order valence-corrected chi connectivity index (χ0v) is 17.8. The number of aryl methyl sites for hydroxylation is 1. The van der Waals surface area contributed by atoms with Gasteiger partial charge in [-0.3, -0.25) is 9.48 Å². The fraction of sp³-hybridized carbons (Fsp3) is 0.810. The van der Waals surface area contributed by atoms with Crippen LogP contribution in [0.5, 0.6) is 0 Å². The summed E-state index contributed by atoms with van der Waals surface area (Å²) in [6.07, 6.45) is 11.7. The van der Waals surface area contributed by atoms with Crippen LogP contribution < -0.4 is 5.32 Å². The van der Waals surface area contributed by atoms with E-state index < -0.39 is 0 Å². The number of likely N-dealkylation sites (tertiary alicyclic amines) is 1. The fourth-order valence-electron chi connectivity index (χ4n) is 4.79. The SMILES string of the molecule is O=C(c1cn(CCC2CCCCN2C(=O)NC2CCCCC2)nn1)N1CCOCC1. The fourth-order valence-corrected chi connectivity index (χ4v) is 4.79. The highest BCUT2D eigenvalue weighted by Gasteiger charge is 2.28. The van der Waals surface area contributed by atoms with Crippen molar-refractivity contribution in [1.82, 2.24) is 30.1 Å². The van der Waals surface area contributed by atoms with Crippen LogP contribution >= 0.6 is 0 Å². The van der Waals surface area contributed by atoms with E-state index >= 15 is 0 Å². The quantitative estimate of drug-likeness (QED) is 0.790. The summed E-state index contributed by atoms with van der Waals surface area (Å²) in [7, 11) is 0. The predicted octanol–water partition coefficient (Wildman–Crippen LogP) is 2.04. The molecule has 166 valence electrons. The second-order valence-corrected chi connectivity index (χ2v) is 8.69. The summed E-state index contributed by atoms with van der Waals surface area (Å²) in [6, 6.07) is 0.635. The molecule has 2 aliphatic heterocycles. The predicted molar refractivity (Wildman–Crippen MR) is 111 cm³/mol. The van der Waals surface area contributed by atoms with Crippen molar-refractivity contribution in [2.45, 2.75) is 76.4 Å². The minimum absolute atomic E-state index is 0.0873. The standard InChI is InChI=1S/C21H34N6O3/c28-20(25-12-14-30-15-13-25)19-16-26(24-23-19)11-9-18-8-4-5-10-27(18)21(29)22-17-6-2-1-3-7-17/h16-18H,1-15H2,(H,22,29). The van der Waals surface area contributed by atoms with Gasteiger partial charge in [-0.2, -0.15) is 0 Å². The number of hydrogen-bond donors (Lipinski definition) is 1. The van der Waals surface area contributed by atoms with Gasteiger partial charge in [0.1, 0.15) is 0 Å². The van der Waals surface area contributed by atoms with Crippen molar-refractivity contribution >= 4 is 11.9 Å². The van der Waals surface area contributed by atoms with Crippen molar-refractivity contribution in [2.75, 3.05) is 32.8 Å². The Morgan fingerprint density at radius 3 is 2.60 bits per heavy atom. The molecule has 3 heterocycles. The molecule has 4 rings (SSSR count). The molecule has 9 nitrogen and oxygen atoms in total. The summed E-state index contributed by atoms with van der Waals surface area (Å²) in [5.74, 6) is -0.0873. The Morgan fingerprint density at radius 1 is 1.03 bits per heavy atom. The van der Waals surface area contributed by atoms with Crippen LogP contribution in [0.15, 0.2) is 6.20 Å². The molecular formula is C21H34N6O3. The normalized spacial score (nSPS) is 23.4. The first kappa shape index (κ1) is 21.1. The summed E-state index contributed by atoms with van der Waals surface area (Å²) in [6.45, 7) is 3.81. The average molecular weight is 419 g/mol. The summed E-state index contributed by atoms with van der Waals surface area (Å²) in [4.78, 5) is 29.2. The maximum absolute atomic E-state index is 12.9. The topological polar surface area (TPSA) is 92.6 Å². The number of nitrogens with zero attached hydrogens (tertiary/aromatic N) is 5. The van der Waals surface area contributed by atoms with E-state index in [4.69, 9.17) is 4.74 Å². The van der Waals surface area contributed by atoms with Crippen molar-refractivity contribution in [1.29, 1.82) is 0 Å². The van der Waals surface area contributed by atoms with Gasteiger partial charge in [-0.1, -0.05) is 24.5 Å². The Bertz CT molecular complexity index is 711. The van der Waals surface area contributed by atoms with Crippen LogP contribution in [0.25, 0.3) is 0 Å². The van der Waals surface area contributed by atoms with Gasteiger partial charge in [0.15, 0.2) is 5.69 Å². The van der Waals surface area contributed by atoms with Crippen LogP contribution in [0.2, 0.25) is 0 Å². The maximum Gasteiger partial charge on any atom is 0.317 e. The minimum atomic E-state index is -0.0873. The lowest BCUT2D eigenvalue weighted by Gasteiger charge is -2.37. The molecule has 0 radical (unpaired) electrons. The maximum atomic E-state index is 12.9. The van der Waals surface area contributed by atoms with Crippen molar-refractivity contribution in [3.05, 3.63) is 11.9 Å². The molecule has 0 aromatic carbocycles. The number of ether oxygens (including phenoxy) is 1. The molecule has 30 heavy (non-hydrogen) atoms. The van der Waals surface area contributed by atoms with Crippen molar-refractivity contribution in [3.63, 3.8) is 0 Å². The number of rotatable bonds is 5. The summed E-state index contributed by atoms with van der Waals surface area (Å²) in [5.41, 5.74) is 0.382. The molecule has 0 bridgehead atoms. The second kappa shape index (κ2) is 10.2. The van der Waals surface area contributed by atoms with Crippen molar-refractivity contribution < 1.29 is 14.3 Å². The Hall–Kier alpha value is -2.16. The van der Waals surface area contributed by atoms with Gasteiger partial charge in [-0.15, -0.1) is 5.10 Å². The highest BCUT2D eigenvalue weighted by atomic mass is 16.5. The molecule has 1 unspecified atom stereocenters. The molecule has 0 spiro atoms. The number of hydrogen-bond acceptors (Lipinski definition) is 5. The van der Waals surface area contributed by atoms with Gasteiger partial charge in [-0.25, -0.2) is 4.79 Å². The first-order valence-electron chi connectivity index (χ1n) is 11.5. The van der Waals surface area contributed by atoms with Crippen LogP contribution in [-0.2, 0) is 11.3 Å². The van der Waals surface area contributed by atoms with Crippen LogP contribution in [0, 0.1) is 0 Å². The largest absolute Gasteiger partial charge is 0.378 e. The van der Waals surface area contributed by atoms with Crippen molar-refractivity contribution in [3.8, 4) is 0 Å². The van der Waals surface area contributed by atoms with Gasteiger partial charge in [0.2, 0.25) is 0 Å². The van der Waals surface area contributed by atoms with Gasteiger partial charge in [0.25, 0.3) is 5.91 Å². The lowest BCUT2D eigenvalue weighted by Crippen LogP contribution is -2.51. The third kappa shape index (κ3) is 5.30. The highest BCUT2D eigenvalue weighted by molar-refractivity contribution is 5.92. The third-order valence-corrected chi connectivity index (χ3v) is 6.57. The van der Waals surface area contributed by atoms with Crippen LogP contribution in [0.3, 0.4) is 0 Å². The van der Waals surface area contributed by atoms with E-state index in [0.717, 1.165) is 45.1 Å². The molecule has 1 aliphatic carbocycles. The number of carbonyl (C=O) groups is 2. The second-order valence-electron chi connectivity index (χ2n) is 8.69. The lowest BCUT2D eigenvalue weighted by molar-refractivity contribution is 0.0299. The molecular weight excluding hydrogens is 384 g/mol. The average Bonchev–Trinajstić information content (AvgIpc) is 3.28. The first-order valence-corrected chi connectivity index (χ1v) is 11.5. The summed E-state index contributed by atoms with van der Waals surface area (Å²) < 4.78 is 7.04. The van der Waals surface area contributed by atoms with Crippen LogP contribution in [0.4, 0.5) is 4.79 Å². The molecule has 1 saturated carbocycles. The summed E-state index contributed by atoms with van der Waals surface area (Å²) in [5, 5.41) is 11.5. The first-order chi connectivity index (χ1) is 14.7. The Labute approximate surface area is 178 Å². The van der Waals surface area contributed by atoms with Gasteiger partial charge in [-0.05, 0) is 38.5 Å². The number of piperidine rings is 1. The smallest absolute Gasteiger partial charge is 0.317 e. The van der Waals surface area contributed by atoms with E-state index in [1.807, 2.05) is 4.90 Å². The van der Waals surface area contributed by atoms with Gasteiger partial charge in [0.05, 0.1) is 19.4 Å². The van der Waals surface area contributed by atoms with E-state index in [2.05, 4.69) is 15.6 Å². The molecule has 1 N–H and O–H groups in total. The number of urea groups is 1. The van der Waals surface area contributed by atoms with E-state index in [1.54, 1.807) is 15.8 Å². The van der Waals surface area contributed by atoms with Gasteiger partial charge in [0, 0.05) is 38.3 Å². The molecule has 3 fully saturated rings.